The smallest absolute Gasteiger partial charge is 0.335 e. The SMILES string of the molecule is CC(NC(=O)NC1CCN(CC(F)(F)F)C1)C1CC1. The van der Waals surface area contributed by atoms with Crippen molar-refractivity contribution in [3.8, 4) is 0 Å². The van der Waals surface area contributed by atoms with Crippen LogP contribution < -0.4 is 10.6 Å². The van der Waals surface area contributed by atoms with Crippen molar-refractivity contribution < 1.29 is 18.0 Å². The molecule has 4 nitrogen and oxygen atoms in total. The summed E-state index contributed by atoms with van der Waals surface area (Å²) in [6.45, 7) is 1.71. The third-order valence-electron chi connectivity index (χ3n) is 3.70. The molecule has 1 aliphatic heterocycles. The van der Waals surface area contributed by atoms with Crippen LogP contribution >= 0.6 is 0 Å². The number of carbonyl (C=O) groups excluding carboxylic acids is 1. The van der Waals surface area contributed by atoms with E-state index < -0.39 is 12.7 Å². The van der Waals surface area contributed by atoms with E-state index >= 15 is 0 Å². The van der Waals surface area contributed by atoms with Gasteiger partial charge in [0.2, 0.25) is 0 Å². The van der Waals surface area contributed by atoms with E-state index in [0.29, 0.717) is 18.9 Å². The number of rotatable bonds is 4. The average molecular weight is 279 g/mol. The average Bonchev–Trinajstić information content (AvgIpc) is 3.01. The molecule has 1 aliphatic carbocycles. The third kappa shape index (κ3) is 4.89. The lowest BCUT2D eigenvalue weighted by molar-refractivity contribution is -0.143. The van der Waals surface area contributed by atoms with Crippen molar-refractivity contribution in [3.05, 3.63) is 0 Å². The van der Waals surface area contributed by atoms with Crippen molar-refractivity contribution in [2.75, 3.05) is 19.6 Å². The molecule has 1 saturated carbocycles. The number of hydrogen-bond acceptors (Lipinski definition) is 2. The molecule has 2 unspecified atom stereocenters. The highest BCUT2D eigenvalue weighted by Gasteiger charge is 2.35. The van der Waals surface area contributed by atoms with Crippen LogP contribution in [0.2, 0.25) is 0 Å². The quantitative estimate of drug-likeness (QED) is 0.823. The van der Waals surface area contributed by atoms with Crippen LogP contribution in [0, 0.1) is 5.92 Å². The second-order valence-corrected chi connectivity index (χ2v) is 5.58. The van der Waals surface area contributed by atoms with Gasteiger partial charge in [-0.25, -0.2) is 4.79 Å². The highest BCUT2D eigenvalue weighted by Crippen LogP contribution is 2.32. The van der Waals surface area contributed by atoms with Crippen molar-refractivity contribution in [3.63, 3.8) is 0 Å². The minimum atomic E-state index is -4.17. The Labute approximate surface area is 110 Å². The maximum Gasteiger partial charge on any atom is 0.401 e. The number of amides is 2. The number of nitrogens with one attached hydrogen (secondary N) is 2. The number of alkyl halides is 3. The molecule has 2 fully saturated rings. The van der Waals surface area contributed by atoms with E-state index in [-0.39, 0.29) is 24.7 Å². The molecule has 2 N–H and O–H groups in total. The molecule has 7 heteroatoms. The largest absolute Gasteiger partial charge is 0.401 e. The van der Waals surface area contributed by atoms with Crippen LogP contribution in [-0.2, 0) is 0 Å². The Morgan fingerprint density at radius 3 is 2.63 bits per heavy atom. The molecular weight excluding hydrogens is 259 g/mol. The van der Waals surface area contributed by atoms with Gasteiger partial charge >= 0.3 is 12.2 Å². The molecule has 2 atom stereocenters. The lowest BCUT2D eigenvalue weighted by Gasteiger charge is -2.19. The molecule has 110 valence electrons. The Morgan fingerprint density at radius 1 is 1.37 bits per heavy atom. The Balaban J connectivity index is 1.67. The first-order valence-electron chi connectivity index (χ1n) is 6.69. The molecule has 0 aromatic heterocycles. The topological polar surface area (TPSA) is 44.4 Å². The Kier molecular flexibility index (Phi) is 4.23. The van der Waals surface area contributed by atoms with Gasteiger partial charge < -0.3 is 10.6 Å². The molecule has 1 saturated heterocycles. The zero-order valence-electron chi connectivity index (χ0n) is 11.0. The summed E-state index contributed by atoms with van der Waals surface area (Å²) >= 11 is 0. The minimum absolute atomic E-state index is 0.146. The van der Waals surface area contributed by atoms with Gasteiger partial charge in [0, 0.05) is 25.2 Å². The first kappa shape index (κ1) is 14.4. The molecule has 19 heavy (non-hydrogen) atoms. The predicted octanol–water partition coefficient (Wildman–Crippen LogP) is 1.72. The van der Waals surface area contributed by atoms with Gasteiger partial charge in [0.1, 0.15) is 0 Å². The summed E-state index contributed by atoms with van der Waals surface area (Å²) in [6.07, 6.45) is -1.31. The van der Waals surface area contributed by atoms with Gasteiger partial charge in [-0.05, 0) is 32.1 Å². The fourth-order valence-corrected chi connectivity index (χ4v) is 2.50. The van der Waals surface area contributed by atoms with Crippen molar-refractivity contribution in [1.82, 2.24) is 15.5 Å². The molecule has 0 radical (unpaired) electrons. The second kappa shape index (κ2) is 5.56. The number of hydrogen-bond donors (Lipinski definition) is 2. The normalized spacial score (nSPS) is 26.2. The Bertz CT molecular complexity index is 331. The van der Waals surface area contributed by atoms with Gasteiger partial charge in [0.15, 0.2) is 0 Å². The molecule has 2 aliphatic rings. The number of likely N-dealkylation sites (tertiary alicyclic amines) is 1. The number of nitrogens with zero attached hydrogens (tertiary/aromatic N) is 1. The van der Waals surface area contributed by atoms with Gasteiger partial charge in [-0.1, -0.05) is 0 Å². The van der Waals surface area contributed by atoms with Crippen molar-refractivity contribution in [2.24, 2.45) is 5.92 Å². The van der Waals surface area contributed by atoms with Crippen LogP contribution in [0.15, 0.2) is 0 Å². The number of carbonyl (C=O) groups is 1. The van der Waals surface area contributed by atoms with Crippen LogP contribution in [0.4, 0.5) is 18.0 Å². The summed E-state index contributed by atoms with van der Waals surface area (Å²) in [5.41, 5.74) is 0. The highest BCUT2D eigenvalue weighted by atomic mass is 19.4. The summed E-state index contributed by atoms with van der Waals surface area (Å²) in [5.74, 6) is 0.566. The molecule has 2 rings (SSSR count). The van der Waals surface area contributed by atoms with Crippen LogP contribution in [0.25, 0.3) is 0 Å². The first-order chi connectivity index (χ1) is 8.83. The van der Waals surface area contributed by atoms with E-state index in [4.69, 9.17) is 0 Å². The van der Waals surface area contributed by atoms with Crippen LogP contribution in [0.3, 0.4) is 0 Å². The van der Waals surface area contributed by atoms with Gasteiger partial charge in [-0.2, -0.15) is 13.2 Å². The molecule has 1 heterocycles. The van der Waals surface area contributed by atoms with E-state index in [1.54, 1.807) is 0 Å². The summed E-state index contributed by atoms with van der Waals surface area (Å²) in [4.78, 5) is 13.0. The molecule has 0 spiro atoms. The molecule has 0 aromatic rings. The highest BCUT2D eigenvalue weighted by molar-refractivity contribution is 5.74. The molecule has 2 amide bonds. The number of halogens is 3. The lowest BCUT2D eigenvalue weighted by Crippen LogP contribution is -2.47. The zero-order chi connectivity index (χ0) is 14.0. The summed E-state index contributed by atoms with van der Waals surface area (Å²) in [5, 5.41) is 5.59. The summed E-state index contributed by atoms with van der Waals surface area (Å²) < 4.78 is 36.7. The fourth-order valence-electron chi connectivity index (χ4n) is 2.50. The van der Waals surface area contributed by atoms with Crippen molar-refractivity contribution >= 4 is 6.03 Å². The van der Waals surface area contributed by atoms with E-state index in [1.807, 2.05) is 6.92 Å². The standard InChI is InChI=1S/C12H20F3N3O/c1-8(9-2-3-9)16-11(19)17-10-4-5-18(6-10)7-12(13,14)15/h8-10H,2-7H2,1H3,(H2,16,17,19). The summed E-state index contributed by atoms with van der Waals surface area (Å²) in [7, 11) is 0. The van der Waals surface area contributed by atoms with Gasteiger partial charge in [0.05, 0.1) is 6.54 Å². The van der Waals surface area contributed by atoms with E-state index in [2.05, 4.69) is 10.6 Å². The Hall–Kier alpha value is -0.980. The van der Waals surface area contributed by atoms with Crippen LogP contribution in [0.1, 0.15) is 26.2 Å². The minimum Gasteiger partial charge on any atom is -0.335 e. The van der Waals surface area contributed by atoms with E-state index in [9.17, 15) is 18.0 Å². The molecular formula is C12H20F3N3O. The third-order valence-corrected chi connectivity index (χ3v) is 3.70. The maximum atomic E-state index is 12.2. The first-order valence-corrected chi connectivity index (χ1v) is 6.69. The summed E-state index contributed by atoms with van der Waals surface area (Å²) in [6, 6.07) is -0.306. The fraction of sp³-hybridized carbons (Fsp3) is 0.917. The van der Waals surface area contributed by atoms with E-state index in [0.717, 1.165) is 12.8 Å². The van der Waals surface area contributed by atoms with Crippen molar-refractivity contribution in [1.29, 1.82) is 0 Å². The van der Waals surface area contributed by atoms with Gasteiger partial charge in [0.25, 0.3) is 0 Å². The van der Waals surface area contributed by atoms with Gasteiger partial charge in [-0.15, -0.1) is 0 Å². The van der Waals surface area contributed by atoms with Crippen LogP contribution in [0.5, 0.6) is 0 Å². The number of urea groups is 1. The van der Waals surface area contributed by atoms with Crippen molar-refractivity contribution in [2.45, 2.75) is 44.4 Å². The monoisotopic (exact) mass is 279 g/mol. The lowest BCUT2D eigenvalue weighted by atomic mass is 10.2. The van der Waals surface area contributed by atoms with Gasteiger partial charge in [-0.3, -0.25) is 4.90 Å². The predicted molar refractivity (Wildman–Crippen MR) is 64.8 cm³/mol. The molecule has 0 bridgehead atoms. The second-order valence-electron chi connectivity index (χ2n) is 5.58. The Morgan fingerprint density at radius 2 is 2.05 bits per heavy atom. The van der Waals surface area contributed by atoms with E-state index in [1.165, 1.54) is 4.90 Å². The zero-order valence-corrected chi connectivity index (χ0v) is 11.0. The van der Waals surface area contributed by atoms with Crippen LogP contribution in [-0.4, -0.2) is 48.8 Å². The maximum absolute atomic E-state index is 12.2. The molecule has 0 aromatic carbocycles.